The van der Waals surface area contributed by atoms with Crippen LogP contribution in [-0.4, -0.2) is 10.7 Å². The van der Waals surface area contributed by atoms with E-state index in [1.165, 1.54) is 0 Å². The third-order valence-electron chi connectivity index (χ3n) is 1.80. The number of unbranched alkanes of at least 4 members (excludes halogenated alkanes) is 1. The quantitative estimate of drug-likeness (QED) is 0.625. The SMILES string of the molecule is C/C=C/C=C/C(C)(O)CCCC. The van der Waals surface area contributed by atoms with Crippen LogP contribution in [0.25, 0.3) is 0 Å². The van der Waals surface area contributed by atoms with Crippen molar-refractivity contribution in [1.29, 1.82) is 0 Å². The van der Waals surface area contributed by atoms with Crippen LogP contribution in [-0.2, 0) is 0 Å². The molecule has 12 heavy (non-hydrogen) atoms. The minimum Gasteiger partial charge on any atom is -0.386 e. The zero-order chi connectivity index (χ0) is 9.45. The van der Waals surface area contributed by atoms with Crippen LogP contribution in [0.4, 0.5) is 0 Å². The van der Waals surface area contributed by atoms with Crippen molar-refractivity contribution in [3.63, 3.8) is 0 Å². The van der Waals surface area contributed by atoms with Crippen molar-refractivity contribution >= 4 is 0 Å². The van der Waals surface area contributed by atoms with E-state index in [2.05, 4.69) is 6.92 Å². The van der Waals surface area contributed by atoms with Gasteiger partial charge in [-0.3, -0.25) is 0 Å². The summed E-state index contributed by atoms with van der Waals surface area (Å²) in [5, 5.41) is 9.75. The Labute approximate surface area is 75.8 Å². The molecule has 0 aromatic carbocycles. The van der Waals surface area contributed by atoms with Gasteiger partial charge >= 0.3 is 0 Å². The van der Waals surface area contributed by atoms with Gasteiger partial charge in [-0.15, -0.1) is 0 Å². The van der Waals surface area contributed by atoms with Crippen molar-refractivity contribution in [2.75, 3.05) is 0 Å². The Hall–Kier alpha value is -0.560. The van der Waals surface area contributed by atoms with Crippen molar-refractivity contribution < 1.29 is 5.11 Å². The van der Waals surface area contributed by atoms with Crippen molar-refractivity contribution in [2.24, 2.45) is 0 Å². The molecule has 1 atom stereocenters. The fraction of sp³-hybridized carbons (Fsp3) is 0.636. The van der Waals surface area contributed by atoms with Crippen LogP contribution in [0.1, 0.15) is 40.0 Å². The summed E-state index contributed by atoms with van der Waals surface area (Å²) in [6.45, 7) is 5.94. The molecule has 0 heterocycles. The lowest BCUT2D eigenvalue weighted by Crippen LogP contribution is -2.19. The van der Waals surface area contributed by atoms with E-state index < -0.39 is 5.60 Å². The molecule has 0 aliphatic heterocycles. The number of hydrogen-bond donors (Lipinski definition) is 1. The number of rotatable bonds is 5. The van der Waals surface area contributed by atoms with E-state index in [-0.39, 0.29) is 0 Å². The van der Waals surface area contributed by atoms with E-state index in [1.807, 2.05) is 38.2 Å². The zero-order valence-electron chi connectivity index (χ0n) is 8.38. The van der Waals surface area contributed by atoms with Crippen molar-refractivity contribution in [3.8, 4) is 0 Å². The average Bonchev–Trinajstić information content (AvgIpc) is 2.01. The predicted octanol–water partition coefficient (Wildman–Crippen LogP) is 3.06. The van der Waals surface area contributed by atoms with Crippen molar-refractivity contribution in [3.05, 3.63) is 24.3 Å². The normalized spacial score (nSPS) is 17.3. The van der Waals surface area contributed by atoms with E-state index in [4.69, 9.17) is 0 Å². The van der Waals surface area contributed by atoms with E-state index in [9.17, 15) is 5.11 Å². The summed E-state index contributed by atoms with van der Waals surface area (Å²) in [6.07, 6.45) is 10.7. The van der Waals surface area contributed by atoms with Crippen molar-refractivity contribution in [1.82, 2.24) is 0 Å². The molecule has 0 bridgehead atoms. The molecular formula is C11H20O. The Kier molecular flexibility index (Phi) is 5.73. The number of aliphatic hydroxyl groups is 1. The Balaban J connectivity index is 3.85. The van der Waals surface area contributed by atoms with Gasteiger partial charge in [-0.05, 0) is 20.3 Å². The van der Waals surface area contributed by atoms with E-state index >= 15 is 0 Å². The summed E-state index contributed by atoms with van der Waals surface area (Å²) in [5.74, 6) is 0. The lowest BCUT2D eigenvalue weighted by atomic mass is 9.99. The Morgan fingerprint density at radius 1 is 1.33 bits per heavy atom. The molecule has 1 N–H and O–H groups in total. The minimum absolute atomic E-state index is 0.629. The van der Waals surface area contributed by atoms with Crippen LogP contribution in [0, 0.1) is 0 Å². The lowest BCUT2D eigenvalue weighted by molar-refractivity contribution is 0.0991. The Morgan fingerprint density at radius 2 is 2.00 bits per heavy atom. The van der Waals surface area contributed by atoms with Gasteiger partial charge in [0, 0.05) is 0 Å². The fourth-order valence-electron chi connectivity index (χ4n) is 0.992. The third kappa shape index (κ3) is 6.17. The molecule has 1 heteroatoms. The van der Waals surface area contributed by atoms with Gasteiger partial charge in [-0.25, -0.2) is 0 Å². The largest absolute Gasteiger partial charge is 0.386 e. The van der Waals surface area contributed by atoms with Crippen LogP contribution >= 0.6 is 0 Å². The average molecular weight is 168 g/mol. The van der Waals surface area contributed by atoms with Crippen LogP contribution in [0.3, 0.4) is 0 Å². The molecule has 70 valence electrons. The highest BCUT2D eigenvalue weighted by Crippen LogP contribution is 2.14. The molecule has 0 radical (unpaired) electrons. The van der Waals surface area contributed by atoms with Gasteiger partial charge in [-0.1, -0.05) is 44.1 Å². The van der Waals surface area contributed by atoms with Gasteiger partial charge in [0.05, 0.1) is 5.60 Å². The molecule has 1 unspecified atom stereocenters. The maximum absolute atomic E-state index is 9.75. The molecule has 0 rings (SSSR count). The summed E-state index contributed by atoms with van der Waals surface area (Å²) < 4.78 is 0. The summed E-state index contributed by atoms with van der Waals surface area (Å²) in [5.41, 5.74) is -0.629. The lowest BCUT2D eigenvalue weighted by Gasteiger charge is -2.17. The maximum Gasteiger partial charge on any atom is 0.0802 e. The van der Waals surface area contributed by atoms with Gasteiger partial charge < -0.3 is 5.11 Å². The molecule has 0 spiro atoms. The smallest absolute Gasteiger partial charge is 0.0802 e. The molecule has 0 amide bonds. The third-order valence-corrected chi connectivity index (χ3v) is 1.80. The molecule has 0 aromatic heterocycles. The van der Waals surface area contributed by atoms with Gasteiger partial charge in [-0.2, -0.15) is 0 Å². The minimum atomic E-state index is -0.629. The predicted molar refractivity (Wildman–Crippen MR) is 54.1 cm³/mol. The van der Waals surface area contributed by atoms with Crippen LogP contribution < -0.4 is 0 Å². The highest BCUT2D eigenvalue weighted by Gasteiger charge is 2.13. The van der Waals surface area contributed by atoms with Gasteiger partial charge in [0.15, 0.2) is 0 Å². The maximum atomic E-state index is 9.75. The molecule has 0 saturated heterocycles. The van der Waals surface area contributed by atoms with Gasteiger partial charge in [0.2, 0.25) is 0 Å². The summed E-state index contributed by atoms with van der Waals surface area (Å²) in [6, 6.07) is 0. The first-order valence-corrected chi connectivity index (χ1v) is 4.65. The highest BCUT2D eigenvalue weighted by molar-refractivity contribution is 5.07. The van der Waals surface area contributed by atoms with Crippen LogP contribution in [0.15, 0.2) is 24.3 Å². The summed E-state index contributed by atoms with van der Waals surface area (Å²) in [4.78, 5) is 0. The van der Waals surface area contributed by atoms with Gasteiger partial charge in [0.25, 0.3) is 0 Å². The topological polar surface area (TPSA) is 20.2 Å². The second kappa shape index (κ2) is 6.01. The highest BCUT2D eigenvalue weighted by atomic mass is 16.3. The second-order valence-corrected chi connectivity index (χ2v) is 3.35. The number of hydrogen-bond acceptors (Lipinski definition) is 1. The molecule has 0 fully saturated rings. The Bertz CT molecular complexity index is 154. The monoisotopic (exact) mass is 168 g/mol. The molecule has 0 aliphatic carbocycles. The second-order valence-electron chi connectivity index (χ2n) is 3.35. The summed E-state index contributed by atoms with van der Waals surface area (Å²) in [7, 11) is 0. The first-order valence-electron chi connectivity index (χ1n) is 4.65. The van der Waals surface area contributed by atoms with E-state index in [0.29, 0.717) is 0 Å². The van der Waals surface area contributed by atoms with Gasteiger partial charge in [0.1, 0.15) is 0 Å². The van der Waals surface area contributed by atoms with E-state index in [0.717, 1.165) is 19.3 Å². The molecule has 0 saturated carbocycles. The summed E-state index contributed by atoms with van der Waals surface area (Å²) >= 11 is 0. The van der Waals surface area contributed by atoms with Crippen LogP contribution in [0.2, 0.25) is 0 Å². The Morgan fingerprint density at radius 3 is 2.50 bits per heavy atom. The molecular weight excluding hydrogens is 148 g/mol. The first-order chi connectivity index (χ1) is 5.62. The van der Waals surface area contributed by atoms with Crippen molar-refractivity contribution in [2.45, 2.75) is 45.6 Å². The van der Waals surface area contributed by atoms with E-state index in [1.54, 1.807) is 0 Å². The fourth-order valence-corrected chi connectivity index (χ4v) is 0.992. The first kappa shape index (κ1) is 11.4. The van der Waals surface area contributed by atoms with Crippen LogP contribution in [0.5, 0.6) is 0 Å². The zero-order valence-corrected chi connectivity index (χ0v) is 8.38. The molecule has 0 aliphatic rings. The molecule has 0 aromatic rings. The number of allylic oxidation sites excluding steroid dienone is 3. The standard InChI is InChI=1S/C11H20O/c1-4-6-8-10-11(3,12)9-7-5-2/h4,6,8,10,12H,5,7,9H2,1-3H3/b6-4+,10-8+. The molecule has 1 nitrogen and oxygen atoms in total.